The van der Waals surface area contributed by atoms with Gasteiger partial charge in [0.2, 0.25) is 0 Å². The minimum atomic E-state index is -0.290. The zero-order chi connectivity index (χ0) is 14.1. The summed E-state index contributed by atoms with van der Waals surface area (Å²) in [6.07, 6.45) is 9.73. The average molecular weight is 268 g/mol. The number of aliphatic hydroxyl groups excluding tert-OH is 1. The Labute approximate surface area is 117 Å². The maximum atomic E-state index is 11.9. The van der Waals surface area contributed by atoms with Gasteiger partial charge in [-0.25, -0.2) is 4.79 Å². The molecule has 1 aliphatic rings. The van der Waals surface area contributed by atoms with Crippen molar-refractivity contribution in [2.45, 2.75) is 84.2 Å². The third kappa shape index (κ3) is 5.66. The Morgan fingerprint density at radius 1 is 1.11 bits per heavy atom. The first-order valence-corrected chi connectivity index (χ1v) is 7.81. The second-order valence-electron chi connectivity index (χ2n) is 5.46. The zero-order valence-electron chi connectivity index (χ0n) is 12.4. The summed E-state index contributed by atoms with van der Waals surface area (Å²) in [6, 6.07) is 0. The predicted molar refractivity (Wildman–Crippen MR) is 77.1 cm³/mol. The summed E-state index contributed by atoms with van der Waals surface area (Å²) in [5, 5.41) is 10.0. The molecule has 0 saturated heterocycles. The van der Waals surface area contributed by atoms with Crippen molar-refractivity contribution in [3.63, 3.8) is 0 Å². The first-order chi connectivity index (χ1) is 9.19. The van der Waals surface area contributed by atoms with Crippen molar-refractivity contribution < 1.29 is 14.6 Å². The first-order valence-electron chi connectivity index (χ1n) is 7.81. The van der Waals surface area contributed by atoms with Crippen LogP contribution in [0.15, 0.2) is 11.3 Å². The number of aliphatic hydroxyl groups is 1. The van der Waals surface area contributed by atoms with Gasteiger partial charge in [-0.1, -0.05) is 46.0 Å². The van der Waals surface area contributed by atoms with Gasteiger partial charge in [-0.3, -0.25) is 0 Å². The van der Waals surface area contributed by atoms with Crippen LogP contribution >= 0.6 is 0 Å². The Kier molecular flexibility index (Phi) is 7.61. The van der Waals surface area contributed by atoms with E-state index in [-0.39, 0.29) is 17.8 Å². The summed E-state index contributed by atoms with van der Waals surface area (Å²) in [6.45, 7) is 4.31. The van der Waals surface area contributed by atoms with Crippen molar-refractivity contribution in [1.29, 1.82) is 0 Å². The minimum Gasteiger partial charge on any atom is -0.512 e. The predicted octanol–water partition coefficient (Wildman–Crippen LogP) is 4.66. The van der Waals surface area contributed by atoms with Gasteiger partial charge in [0.15, 0.2) is 0 Å². The Morgan fingerprint density at radius 3 is 2.42 bits per heavy atom. The molecule has 0 bridgehead atoms. The van der Waals surface area contributed by atoms with Gasteiger partial charge in [0, 0.05) is 6.42 Å². The zero-order valence-corrected chi connectivity index (χ0v) is 12.4. The van der Waals surface area contributed by atoms with Crippen LogP contribution in [-0.4, -0.2) is 17.2 Å². The van der Waals surface area contributed by atoms with Gasteiger partial charge in [-0.2, -0.15) is 0 Å². The van der Waals surface area contributed by atoms with Gasteiger partial charge < -0.3 is 9.84 Å². The lowest BCUT2D eigenvalue weighted by molar-refractivity contribution is -0.147. The molecule has 0 radical (unpaired) electrons. The first kappa shape index (κ1) is 16.1. The normalized spacial score (nSPS) is 19.7. The van der Waals surface area contributed by atoms with Gasteiger partial charge in [-0.15, -0.1) is 0 Å². The van der Waals surface area contributed by atoms with Crippen LogP contribution < -0.4 is 0 Å². The summed E-state index contributed by atoms with van der Waals surface area (Å²) in [4.78, 5) is 11.9. The lowest BCUT2D eigenvalue weighted by Gasteiger charge is -2.24. The SMILES string of the molecule is CCCCCCC1=C(O)C[C@H](CCCCC)OC1=O. The van der Waals surface area contributed by atoms with Crippen LogP contribution in [0.5, 0.6) is 0 Å². The molecule has 1 heterocycles. The van der Waals surface area contributed by atoms with E-state index >= 15 is 0 Å². The molecular formula is C16H28O3. The van der Waals surface area contributed by atoms with Gasteiger partial charge in [0.25, 0.3) is 0 Å². The minimum absolute atomic E-state index is 0.113. The fourth-order valence-corrected chi connectivity index (χ4v) is 2.48. The largest absolute Gasteiger partial charge is 0.512 e. The molecule has 0 fully saturated rings. The summed E-state index contributed by atoms with van der Waals surface area (Å²) >= 11 is 0. The number of carbonyl (C=O) groups is 1. The van der Waals surface area contributed by atoms with Crippen LogP contribution in [-0.2, 0) is 9.53 Å². The van der Waals surface area contributed by atoms with E-state index in [2.05, 4.69) is 13.8 Å². The lowest BCUT2D eigenvalue weighted by atomic mass is 9.98. The van der Waals surface area contributed by atoms with E-state index in [0.29, 0.717) is 18.4 Å². The van der Waals surface area contributed by atoms with Gasteiger partial charge in [-0.05, 0) is 25.7 Å². The summed E-state index contributed by atoms with van der Waals surface area (Å²) < 4.78 is 5.42. The molecule has 110 valence electrons. The van der Waals surface area contributed by atoms with Crippen LogP contribution in [0, 0.1) is 0 Å². The fourth-order valence-electron chi connectivity index (χ4n) is 2.48. The number of unbranched alkanes of at least 4 members (excludes halogenated alkanes) is 5. The lowest BCUT2D eigenvalue weighted by Crippen LogP contribution is -2.26. The highest BCUT2D eigenvalue weighted by atomic mass is 16.5. The molecule has 0 aromatic heterocycles. The van der Waals surface area contributed by atoms with E-state index in [1.165, 1.54) is 12.8 Å². The molecule has 19 heavy (non-hydrogen) atoms. The summed E-state index contributed by atoms with van der Waals surface area (Å²) in [5.41, 5.74) is 0.517. The molecule has 0 aromatic carbocycles. The third-order valence-electron chi connectivity index (χ3n) is 3.70. The quantitative estimate of drug-likeness (QED) is 0.488. The van der Waals surface area contributed by atoms with Crippen LogP contribution in [0.4, 0.5) is 0 Å². The number of ether oxygens (including phenoxy) is 1. The smallest absolute Gasteiger partial charge is 0.337 e. The maximum absolute atomic E-state index is 11.9. The van der Waals surface area contributed by atoms with E-state index in [0.717, 1.165) is 38.5 Å². The summed E-state index contributed by atoms with van der Waals surface area (Å²) in [5.74, 6) is -0.0176. The van der Waals surface area contributed by atoms with E-state index in [1.807, 2.05) is 0 Å². The molecule has 0 aromatic rings. The van der Waals surface area contributed by atoms with Crippen molar-refractivity contribution in [3.05, 3.63) is 11.3 Å². The molecule has 0 amide bonds. The van der Waals surface area contributed by atoms with E-state index in [4.69, 9.17) is 4.74 Å². The second-order valence-corrected chi connectivity index (χ2v) is 5.46. The van der Waals surface area contributed by atoms with Crippen LogP contribution in [0.3, 0.4) is 0 Å². The van der Waals surface area contributed by atoms with Crippen LogP contribution in [0.2, 0.25) is 0 Å². The standard InChI is InChI=1S/C16H28O3/c1-3-5-7-9-11-14-15(17)12-13(19-16(14)18)10-8-6-4-2/h13,17H,3-12H2,1-2H3/t13-/m0/s1. The molecule has 3 heteroatoms. The molecule has 0 saturated carbocycles. The highest BCUT2D eigenvalue weighted by molar-refractivity contribution is 5.89. The summed E-state index contributed by atoms with van der Waals surface area (Å²) in [7, 11) is 0. The van der Waals surface area contributed by atoms with Crippen LogP contribution in [0.25, 0.3) is 0 Å². The second kappa shape index (κ2) is 9.00. The number of rotatable bonds is 9. The van der Waals surface area contributed by atoms with Gasteiger partial charge in [0.1, 0.15) is 11.9 Å². The topological polar surface area (TPSA) is 46.5 Å². The van der Waals surface area contributed by atoms with Crippen molar-refractivity contribution in [2.75, 3.05) is 0 Å². The average Bonchev–Trinajstić information content (AvgIpc) is 2.37. The van der Waals surface area contributed by atoms with Gasteiger partial charge in [0.05, 0.1) is 5.57 Å². The number of hydrogen-bond donors (Lipinski definition) is 1. The van der Waals surface area contributed by atoms with Crippen molar-refractivity contribution >= 4 is 5.97 Å². The van der Waals surface area contributed by atoms with Crippen molar-refractivity contribution in [1.82, 2.24) is 0 Å². The molecule has 3 nitrogen and oxygen atoms in total. The molecular weight excluding hydrogens is 240 g/mol. The highest BCUT2D eigenvalue weighted by Gasteiger charge is 2.27. The monoisotopic (exact) mass is 268 g/mol. The Bertz CT molecular complexity index is 307. The van der Waals surface area contributed by atoms with E-state index in [9.17, 15) is 9.90 Å². The van der Waals surface area contributed by atoms with E-state index in [1.54, 1.807) is 0 Å². The van der Waals surface area contributed by atoms with Crippen molar-refractivity contribution in [3.8, 4) is 0 Å². The molecule has 1 rings (SSSR count). The van der Waals surface area contributed by atoms with Gasteiger partial charge >= 0.3 is 5.97 Å². The molecule has 0 spiro atoms. The molecule has 1 N–H and O–H groups in total. The Balaban J connectivity index is 2.40. The number of cyclic esters (lactones) is 1. The van der Waals surface area contributed by atoms with Crippen LogP contribution in [0.1, 0.15) is 78.1 Å². The molecule has 0 unspecified atom stereocenters. The Morgan fingerprint density at radius 2 is 1.79 bits per heavy atom. The molecule has 1 atom stereocenters. The number of carbonyl (C=O) groups excluding carboxylic acids is 1. The third-order valence-corrected chi connectivity index (χ3v) is 3.70. The molecule has 1 aliphatic heterocycles. The fraction of sp³-hybridized carbons (Fsp3) is 0.812. The highest BCUT2D eigenvalue weighted by Crippen LogP contribution is 2.26. The number of hydrogen-bond acceptors (Lipinski definition) is 3. The van der Waals surface area contributed by atoms with E-state index < -0.39 is 0 Å². The number of esters is 1. The molecule has 0 aliphatic carbocycles. The Hall–Kier alpha value is -0.990. The van der Waals surface area contributed by atoms with Crippen molar-refractivity contribution in [2.24, 2.45) is 0 Å². The maximum Gasteiger partial charge on any atom is 0.337 e.